The molecule has 4 aromatic rings. The smallest absolute Gasteiger partial charge is 0.141 e. The van der Waals surface area contributed by atoms with Crippen molar-refractivity contribution in [1.82, 2.24) is 15.0 Å². The summed E-state index contributed by atoms with van der Waals surface area (Å²) in [6, 6.07) is 19.5. The molecule has 0 fully saturated rings. The number of nitrogens with one attached hydrogen (secondary N) is 1. The number of benzene rings is 2. The van der Waals surface area contributed by atoms with Gasteiger partial charge in [-0.05, 0) is 41.7 Å². The van der Waals surface area contributed by atoms with Crippen LogP contribution in [-0.2, 0) is 23.0 Å². The van der Waals surface area contributed by atoms with Crippen LogP contribution >= 0.6 is 0 Å². The number of hydrogen-bond donors (Lipinski definition) is 1. The molecule has 1 N–H and O–H groups in total. The van der Waals surface area contributed by atoms with Gasteiger partial charge in [0.25, 0.3) is 0 Å². The summed E-state index contributed by atoms with van der Waals surface area (Å²) in [4.78, 5) is 12.0. The van der Waals surface area contributed by atoms with Crippen molar-refractivity contribution in [3.05, 3.63) is 83.8 Å². The zero-order valence-corrected chi connectivity index (χ0v) is 15.3. The van der Waals surface area contributed by atoms with Crippen LogP contribution in [0.3, 0.4) is 0 Å². The van der Waals surface area contributed by atoms with Crippen LogP contribution in [0, 0.1) is 0 Å². The summed E-state index contributed by atoms with van der Waals surface area (Å²) in [5, 5.41) is 1.05. The van der Waals surface area contributed by atoms with Crippen molar-refractivity contribution in [1.29, 1.82) is 0 Å². The molecule has 0 atom stereocenters. The summed E-state index contributed by atoms with van der Waals surface area (Å²) in [5.74, 6) is 0. The maximum atomic E-state index is 5.69. The number of rotatable bonds is 4. The molecular weight excluding hydrogens is 334 g/mol. The van der Waals surface area contributed by atoms with E-state index in [2.05, 4.69) is 63.5 Å². The fraction of sp³-hybridized carbons (Fsp3) is 0.217. The Bertz CT molecular complexity index is 1090. The third-order valence-corrected chi connectivity index (χ3v) is 5.70. The predicted molar refractivity (Wildman–Crippen MR) is 107 cm³/mol. The molecule has 134 valence electrons. The van der Waals surface area contributed by atoms with Gasteiger partial charge in [-0.15, -0.1) is 0 Å². The second-order valence-electron chi connectivity index (χ2n) is 7.38. The minimum Gasteiger partial charge on any atom is -0.384 e. The fourth-order valence-electron chi connectivity index (χ4n) is 4.46. The van der Waals surface area contributed by atoms with E-state index in [1.54, 1.807) is 13.4 Å². The molecule has 0 radical (unpaired) electrons. The Morgan fingerprint density at radius 3 is 2.59 bits per heavy atom. The second kappa shape index (κ2) is 6.32. The maximum absolute atomic E-state index is 5.69. The largest absolute Gasteiger partial charge is 0.384 e. The standard InChI is InChI=1S/C23H21N3O/c1-27-14-23(12-17-5-2-3-6-18(17)13-23)19-8-4-7-16(11-19)21-20-9-10-24-22(20)26-15-25-21/h2-11,15H,12-14H2,1H3,(H,24,25,26). The average Bonchev–Trinajstić information content (AvgIpc) is 3.33. The van der Waals surface area contributed by atoms with Crippen LogP contribution in [0.4, 0.5) is 0 Å². The molecule has 0 saturated carbocycles. The molecule has 2 heterocycles. The average molecular weight is 355 g/mol. The molecule has 4 heteroatoms. The molecule has 0 amide bonds. The first kappa shape index (κ1) is 16.2. The molecule has 5 rings (SSSR count). The van der Waals surface area contributed by atoms with Crippen LogP contribution < -0.4 is 0 Å². The molecule has 0 aliphatic heterocycles. The van der Waals surface area contributed by atoms with Gasteiger partial charge >= 0.3 is 0 Å². The van der Waals surface area contributed by atoms with Gasteiger partial charge in [0.15, 0.2) is 0 Å². The van der Waals surface area contributed by atoms with E-state index in [1.165, 1.54) is 16.7 Å². The van der Waals surface area contributed by atoms with Gasteiger partial charge in [0.2, 0.25) is 0 Å². The highest BCUT2D eigenvalue weighted by molar-refractivity contribution is 5.90. The topological polar surface area (TPSA) is 50.8 Å². The highest BCUT2D eigenvalue weighted by atomic mass is 16.5. The number of aromatic amines is 1. The minimum atomic E-state index is -0.0290. The Balaban J connectivity index is 1.61. The van der Waals surface area contributed by atoms with Crippen molar-refractivity contribution in [2.75, 3.05) is 13.7 Å². The van der Waals surface area contributed by atoms with Gasteiger partial charge in [-0.25, -0.2) is 9.97 Å². The molecule has 2 aromatic heterocycles. The lowest BCUT2D eigenvalue weighted by molar-refractivity contribution is 0.133. The van der Waals surface area contributed by atoms with Gasteiger partial charge in [-0.2, -0.15) is 0 Å². The van der Waals surface area contributed by atoms with E-state index in [9.17, 15) is 0 Å². The fourth-order valence-corrected chi connectivity index (χ4v) is 4.46. The number of aromatic nitrogens is 3. The van der Waals surface area contributed by atoms with Crippen molar-refractivity contribution in [3.63, 3.8) is 0 Å². The number of nitrogens with zero attached hydrogens (tertiary/aromatic N) is 2. The van der Waals surface area contributed by atoms with Gasteiger partial charge in [-0.3, -0.25) is 0 Å². The number of ether oxygens (including phenoxy) is 1. The summed E-state index contributed by atoms with van der Waals surface area (Å²) < 4.78 is 5.69. The van der Waals surface area contributed by atoms with E-state index in [-0.39, 0.29) is 5.41 Å². The lowest BCUT2D eigenvalue weighted by atomic mass is 9.77. The van der Waals surface area contributed by atoms with Gasteiger partial charge in [0.1, 0.15) is 12.0 Å². The molecule has 2 aromatic carbocycles. The molecule has 0 unspecified atom stereocenters. The molecule has 1 aliphatic rings. The van der Waals surface area contributed by atoms with E-state index < -0.39 is 0 Å². The van der Waals surface area contributed by atoms with E-state index in [4.69, 9.17) is 4.74 Å². The van der Waals surface area contributed by atoms with E-state index >= 15 is 0 Å². The Morgan fingerprint density at radius 2 is 1.81 bits per heavy atom. The summed E-state index contributed by atoms with van der Waals surface area (Å²) in [6.45, 7) is 0.703. The highest BCUT2D eigenvalue weighted by Gasteiger charge is 2.39. The first-order chi connectivity index (χ1) is 13.3. The number of H-pyrrole nitrogens is 1. The van der Waals surface area contributed by atoms with Crippen molar-refractivity contribution in [2.24, 2.45) is 0 Å². The van der Waals surface area contributed by atoms with Crippen LogP contribution in [0.1, 0.15) is 16.7 Å². The van der Waals surface area contributed by atoms with Gasteiger partial charge in [0.05, 0.1) is 12.3 Å². The molecule has 1 aliphatic carbocycles. The quantitative estimate of drug-likeness (QED) is 0.593. The van der Waals surface area contributed by atoms with Crippen LogP contribution in [0.5, 0.6) is 0 Å². The molecule has 0 bridgehead atoms. The Kier molecular flexibility index (Phi) is 3.80. The van der Waals surface area contributed by atoms with E-state index in [1.807, 2.05) is 12.3 Å². The summed E-state index contributed by atoms with van der Waals surface area (Å²) in [5.41, 5.74) is 7.08. The molecule has 4 nitrogen and oxygen atoms in total. The first-order valence-electron chi connectivity index (χ1n) is 9.24. The molecule has 0 spiro atoms. The highest BCUT2D eigenvalue weighted by Crippen LogP contribution is 2.41. The molecule has 27 heavy (non-hydrogen) atoms. The van der Waals surface area contributed by atoms with Crippen molar-refractivity contribution >= 4 is 11.0 Å². The zero-order valence-electron chi connectivity index (χ0n) is 15.3. The Hall–Kier alpha value is -2.98. The Labute approximate surface area is 158 Å². The summed E-state index contributed by atoms with van der Waals surface area (Å²) >= 11 is 0. The predicted octanol–water partition coefficient (Wildman–Crippen LogP) is 4.31. The lowest BCUT2D eigenvalue weighted by Crippen LogP contribution is -2.32. The maximum Gasteiger partial charge on any atom is 0.141 e. The van der Waals surface area contributed by atoms with Crippen LogP contribution in [0.2, 0.25) is 0 Å². The van der Waals surface area contributed by atoms with E-state index in [0.29, 0.717) is 6.61 Å². The van der Waals surface area contributed by atoms with E-state index in [0.717, 1.165) is 35.1 Å². The summed E-state index contributed by atoms with van der Waals surface area (Å²) in [7, 11) is 1.79. The van der Waals surface area contributed by atoms with Gasteiger partial charge in [-0.1, -0.05) is 42.5 Å². The Morgan fingerprint density at radius 1 is 1.00 bits per heavy atom. The SMILES string of the molecule is COCC1(c2cccc(-c3ncnc4[nH]ccc34)c2)Cc2ccccc2C1. The first-order valence-corrected chi connectivity index (χ1v) is 9.24. The summed E-state index contributed by atoms with van der Waals surface area (Å²) in [6.07, 6.45) is 5.54. The third kappa shape index (κ3) is 2.64. The van der Waals surface area contributed by atoms with Crippen LogP contribution in [-0.4, -0.2) is 28.7 Å². The van der Waals surface area contributed by atoms with Crippen LogP contribution in [0.15, 0.2) is 67.1 Å². The van der Waals surface area contributed by atoms with Crippen molar-refractivity contribution < 1.29 is 4.74 Å². The second-order valence-corrected chi connectivity index (χ2v) is 7.38. The molecular formula is C23H21N3O. The van der Waals surface area contributed by atoms with Gasteiger partial charge in [0, 0.05) is 29.7 Å². The number of methoxy groups -OCH3 is 1. The van der Waals surface area contributed by atoms with Crippen LogP contribution in [0.25, 0.3) is 22.3 Å². The number of fused-ring (bicyclic) bond motifs is 2. The minimum absolute atomic E-state index is 0.0290. The van der Waals surface area contributed by atoms with Crippen molar-refractivity contribution in [2.45, 2.75) is 18.3 Å². The lowest BCUT2D eigenvalue weighted by Gasteiger charge is -2.29. The number of hydrogen-bond acceptors (Lipinski definition) is 3. The van der Waals surface area contributed by atoms with Crippen molar-refractivity contribution in [3.8, 4) is 11.3 Å². The molecule has 0 saturated heterocycles. The zero-order chi connectivity index (χ0) is 18.3. The normalized spacial score (nSPS) is 15.1. The monoisotopic (exact) mass is 355 g/mol. The van der Waals surface area contributed by atoms with Gasteiger partial charge < -0.3 is 9.72 Å². The third-order valence-electron chi connectivity index (χ3n) is 5.70.